The van der Waals surface area contributed by atoms with Gasteiger partial charge in [0.2, 0.25) is 0 Å². The second kappa shape index (κ2) is 5.06. The molecule has 1 N–H and O–H groups in total. The van der Waals surface area contributed by atoms with Crippen molar-refractivity contribution < 1.29 is 4.39 Å². The molecule has 3 aromatic rings. The number of anilines is 1. The van der Waals surface area contributed by atoms with Gasteiger partial charge in [-0.2, -0.15) is 0 Å². The molecule has 0 saturated carbocycles. The van der Waals surface area contributed by atoms with Crippen molar-refractivity contribution in [2.75, 3.05) is 5.32 Å². The number of hydrogen-bond acceptors (Lipinski definition) is 2. The molecule has 3 heteroatoms. The van der Waals surface area contributed by atoms with Gasteiger partial charge in [0.05, 0.1) is 0 Å². The maximum Gasteiger partial charge on any atom is 0.125 e. The van der Waals surface area contributed by atoms with E-state index in [1.165, 1.54) is 23.1 Å². The van der Waals surface area contributed by atoms with Crippen LogP contribution in [-0.4, -0.2) is 4.98 Å². The standard InChI is InChI=1S/C16H13FN2/c17-14-5-2-6-15(9-14)19-11-13-4-1-3-12-10-18-8-7-16(12)13/h1-10,19H,11H2. The highest BCUT2D eigenvalue weighted by Gasteiger charge is 2.01. The summed E-state index contributed by atoms with van der Waals surface area (Å²) in [6.07, 6.45) is 3.63. The predicted molar refractivity (Wildman–Crippen MR) is 75.5 cm³/mol. The quantitative estimate of drug-likeness (QED) is 0.762. The van der Waals surface area contributed by atoms with E-state index in [9.17, 15) is 4.39 Å². The van der Waals surface area contributed by atoms with Crippen LogP contribution in [0.3, 0.4) is 0 Å². The Morgan fingerprint density at radius 3 is 2.84 bits per heavy atom. The van der Waals surface area contributed by atoms with E-state index in [1.807, 2.05) is 30.5 Å². The van der Waals surface area contributed by atoms with E-state index in [0.717, 1.165) is 11.1 Å². The Labute approximate surface area is 110 Å². The highest BCUT2D eigenvalue weighted by atomic mass is 19.1. The average molecular weight is 252 g/mol. The van der Waals surface area contributed by atoms with E-state index in [4.69, 9.17) is 0 Å². The van der Waals surface area contributed by atoms with Crippen LogP contribution in [0.4, 0.5) is 10.1 Å². The monoisotopic (exact) mass is 252 g/mol. The topological polar surface area (TPSA) is 24.9 Å². The number of halogens is 1. The molecule has 0 spiro atoms. The summed E-state index contributed by atoms with van der Waals surface area (Å²) in [5.74, 6) is -0.230. The zero-order chi connectivity index (χ0) is 13.1. The molecular formula is C16H13FN2. The largest absolute Gasteiger partial charge is 0.381 e. The number of hydrogen-bond donors (Lipinski definition) is 1. The van der Waals surface area contributed by atoms with Crippen molar-refractivity contribution in [3.63, 3.8) is 0 Å². The fourth-order valence-electron chi connectivity index (χ4n) is 2.14. The third-order valence-corrected chi connectivity index (χ3v) is 3.08. The zero-order valence-electron chi connectivity index (χ0n) is 10.3. The number of rotatable bonds is 3. The lowest BCUT2D eigenvalue weighted by Crippen LogP contribution is -2.00. The molecule has 94 valence electrons. The fraction of sp³-hybridized carbons (Fsp3) is 0.0625. The summed E-state index contributed by atoms with van der Waals surface area (Å²) in [5, 5.41) is 5.51. The second-order valence-electron chi connectivity index (χ2n) is 4.38. The van der Waals surface area contributed by atoms with Crippen molar-refractivity contribution in [2.45, 2.75) is 6.54 Å². The van der Waals surface area contributed by atoms with Crippen LogP contribution in [0.1, 0.15) is 5.56 Å². The van der Waals surface area contributed by atoms with Crippen molar-refractivity contribution >= 4 is 16.5 Å². The van der Waals surface area contributed by atoms with Crippen LogP contribution in [0.25, 0.3) is 10.8 Å². The van der Waals surface area contributed by atoms with Gasteiger partial charge in [-0.1, -0.05) is 24.3 Å². The molecule has 2 nitrogen and oxygen atoms in total. The highest BCUT2D eigenvalue weighted by Crippen LogP contribution is 2.19. The molecular weight excluding hydrogens is 239 g/mol. The van der Waals surface area contributed by atoms with Gasteiger partial charge in [-0.3, -0.25) is 4.98 Å². The highest BCUT2D eigenvalue weighted by molar-refractivity contribution is 5.84. The fourth-order valence-corrected chi connectivity index (χ4v) is 2.14. The molecule has 0 radical (unpaired) electrons. The summed E-state index contributed by atoms with van der Waals surface area (Å²) in [6, 6.07) is 14.6. The van der Waals surface area contributed by atoms with E-state index >= 15 is 0 Å². The van der Waals surface area contributed by atoms with Crippen molar-refractivity contribution in [1.82, 2.24) is 4.98 Å². The first kappa shape index (κ1) is 11.7. The van der Waals surface area contributed by atoms with Crippen LogP contribution < -0.4 is 5.32 Å². The number of nitrogens with zero attached hydrogens (tertiary/aromatic N) is 1. The van der Waals surface area contributed by atoms with E-state index in [-0.39, 0.29) is 5.82 Å². The lowest BCUT2D eigenvalue weighted by atomic mass is 10.1. The minimum Gasteiger partial charge on any atom is -0.381 e. The van der Waals surface area contributed by atoms with Crippen LogP contribution >= 0.6 is 0 Å². The second-order valence-corrected chi connectivity index (χ2v) is 4.38. The summed E-state index contributed by atoms with van der Waals surface area (Å²) in [5.41, 5.74) is 1.95. The SMILES string of the molecule is Fc1cccc(NCc2cccc3cnccc23)c1. The Balaban J connectivity index is 1.86. The maximum atomic E-state index is 13.1. The van der Waals surface area contributed by atoms with Crippen LogP contribution in [-0.2, 0) is 6.54 Å². The Bertz CT molecular complexity index is 704. The molecule has 1 aromatic heterocycles. The van der Waals surface area contributed by atoms with Gasteiger partial charge < -0.3 is 5.32 Å². The Morgan fingerprint density at radius 2 is 1.95 bits per heavy atom. The summed E-state index contributed by atoms with van der Waals surface area (Å²) >= 11 is 0. The van der Waals surface area contributed by atoms with Gasteiger partial charge in [0.1, 0.15) is 5.82 Å². The van der Waals surface area contributed by atoms with E-state index in [0.29, 0.717) is 6.54 Å². The lowest BCUT2D eigenvalue weighted by molar-refractivity contribution is 0.628. The first-order valence-corrected chi connectivity index (χ1v) is 6.14. The molecule has 1 heterocycles. The average Bonchev–Trinajstić information content (AvgIpc) is 2.45. The van der Waals surface area contributed by atoms with Gasteiger partial charge in [0.25, 0.3) is 0 Å². The van der Waals surface area contributed by atoms with Gasteiger partial charge in [0.15, 0.2) is 0 Å². The van der Waals surface area contributed by atoms with E-state index in [1.54, 1.807) is 12.3 Å². The van der Waals surface area contributed by atoms with Crippen molar-refractivity contribution in [1.29, 1.82) is 0 Å². The summed E-state index contributed by atoms with van der Waals surface area (Å²) < 4.78 is 13.1. The Hall–Kier alpha value is -2.42. The minimum atomic E-state index is -0.230. The smallest absolute Gasteiger partial charge is 0.125 e. The van der Waals surface area contributed by atoms with E-state index < -0.39 is 0 Å². The van der Waals surface area contributed by atoms with Crippen LogP contribution in [0, 0.1) is 5.82 Å². The summed E-state index contributed by atoms with van der Waals surface area (Å²) in [7, 11) is 0. The lowest BCUT2D eigenvalue weighted by Gasteiger charge is -2.09. The van der Waals surface area contributed by atoms with Gasteiger partial charge >= 0.3 is 0 Å². The molecule has 0 amide bonds. The van der Waals surface area contributed by atoms with Gasteiger partial charge in [-0.15, -0.1) is 0 Å². The number of benzene rings is 2. The Kier molecular flexibility index (Phi) is 3.11. The van der Waals surface area contributed by atoms with Crippen LogP contribution in [0.2, 0.25) is 0 Å². The van der Waals surface area contributed by atoms with Crippen LogP contribution in [0.15, 0.2) is 60.9 Å². The number of aromatic nitrogens is 1. The molecule has 0 unspecified atom stereocenters. The summed E-state index contributed by atoms with van der Waals surface area (Å²) in [6.45, 7) is 0.658. The van der Waals surface area contributed by atoms with Gasteiger partial charge in [-0.05, 0) is 35.2 Å². The molecule has 0 saturated heterocycles. The minimum absolute atomic E-state index is 0.230. The molecule has 0 fully saturated rings. The zero-order valence-corrected chi connectivity index (χ0v) is 10.3. The maximum absolute atomic E-state index is 13.1. The first-order valence-electron chi connectivity index (χ1n) is 6.14. The van der Waals surface area contributed by atoms with E-state index in [2.05, 4.69) is 16.4 Å². The molecule has 3 rings (SSSR count). The predicted octanol–water partition coefficient (Wildman–Crippen LogP) is 3.99. The first-order chi connectivity index (χ1) is 9.33. The van der Waals surface area contributed by atoms with Crippen molar-refractivity contribution in [3.8, 4) is 0 Å². The van der Waals surface area contributed by atoms with Crippen LogP contribution in [0.5, 0.6) is 0 Å². The molecule has 2 aromatic carbocycles. The molecule has 19 heavy (non-hydrogen) atoms. The van der Waals surface area contributed by atoms with Crippen molar-refractivity contribution in [3.05, 3.63) is 72.3 Å². The third-order valence-electron chi connectivity index (χ3n) is 3.08. The Morgan fingerprint density at radius 1 is 1.05 bits per heavy atom. The van der Waals surface area contributed by atoms with Gasteiger partial charge in [0, 0.05) is 30.0 Å². The normalized spacial score (nSPS) is 10.6. The molecule has 0 aliphatic rings. The van der Waals surface area contributed by atoms with Gasteiger partial charge in [-0.25, -0.2) is 4.39 Å². The molecule has 0 aliphatic heterocycles. The molecule has 0 bridgehead atoms. The molecule has 0 atom stereocenters. The molecule has 0 aliphatic carbocycles. The number of fused-ring (bicyclic) bond motifs is 1. The number of nitrogens with one attached hydrogen (secondary N) is 1. The summed E-state index contributed by atoms with van der Waals surface area (Å²) in [4.78, 5) is 4.11. The van der Waals surface area contributed by atoms with Crippen molar-refractivity contribution in [2.24, 2.45) is 0 Å². The third kappa shape index (κ3) is 2.55. The number of pyridine rings is 1.